The molecule has 0 aliphatic carbocycles. The van der Waals surface area contributed by atoms with Gasteiger partial charge in [0, 0.05) is 37.3 Å². The summed E-state index contributed by atoms with van der Waals surface area (Å²) in [6, 6.07) is 5.80. The standard InChI is InChI=1S/C20H24ClN5O2/c1-14-12-22-19-11-18(23-13-26(14)19)24-5-7-25(8-6-24)20(27)9-15-3-4-16(28-2)10-17(15)21/h3-4,10-11,13-14H,5-9,12H2,1-2H3. The molecule has 4 rings (SSSR count). The van der Waals surface area contributed by atoms with Crippen molar-refractivity contribution in [3.63, 3.8) is 0 Å². The molecule has 1 fully saturated rings. The Bertz CT molecular complexity index is 858. The molecule has 1 unspecified atom stereocenters. The summed E-state index contributed by atoms with van der Waals surface area (Å²) in [7, 11) is 1.60. The number of methoxy groups -OCH3 is 1. The van der Waals surface area contributed by atoms with Crippen LogP contribution >= 0.6 is 11.6 Å². The summed E-state index contributed by atoms with van der Waals surface area (Å²) in [4.78, 5) is 28.0. The van der Waals surface area contributed by atoms with Crippen molar-refractivity contribution in [3.05, 3.63) is 40.7 Å². The van der Waals surface area contributed by atoms with E-state index in [1.165, 1.54) is 0 Å². The molecule has 0 aromatic heterocycles. The molecule has 3 aliphatic rings. The van der Waals surface area contributed by atoms with Crippen LogP contribution in [0.4, 0.5) is 0 Å². The van der Waals surface area contributed by atoms with Crippen molar-refractivity contribution < 1.29 is 9.53 Å². The van der Waals surface area contributed by atoms with Crippen molar-refractivity contribution in [2.75, 3.05) is 39.8 Å². The fourth-order valence-corrected chi connectivity index (χ4v) is 3.86. The molecule has 1 aromatic carbocycles. The number of hydrogen-bond acceptors (Lipinski definition) is 6. The molecule has 0 N–H and O–H groups in total. The molecule has 1 aromatic rings. The summed E-state index contributed by atoms with van der Waals surface area (Å²) < 4.78 is 5.16. The van der Waals surface area contributed by atoms with E-state index in [4.69, 9.17) is 16.3 Å². The van der Waals surface area contributed by atoms with E-state index in [-0.39, 0.29) is 5.91 Å². The summed E-state index contributed by atoms with van der Waals surface area (Å²) in [6.45, 7) is 5.81. The number of amidine groups is 1. The third kappa shape index (κ3) is 3.71. The number of aliphatic imine (C=N–C) groups is 2. The number of rotatable bonds is 4. The average molecular weight is 402 g/mol. The smallest absolute Gasteiger partial charge is 0.227 e. The number of ether oxygens (including phenoxy) is 1. The summed E-state index contributed by atoms with van der Waals surface area (Å²) in [6.07, 6.45) is 4.21. The van der Waals surface area contributed by atoms with Gasteiger partial charge in [-0.05, 0) is 24.6 Å². The fourth-order valence-electron chi connectivity index (χ4n) is 3.62. The highest BCUT2D eigenvalue weighted by molar-refractivity contribution is 6.31. The van der Waals surface area contributed by atoms with Gasteiger partial charge in [-0.15, -0.1) is 0 Å². The number of nitrogens with zero attached hydrogens (tertiary/aromatic N) is 5. The minimum absolute atomic E-state index is 0.0907. The van der Waals surface area contributed by atoms with Gasteiger partial charge in [0.15, 0.2) is 0 Å². The predicted molar refractivity (Wildman–Crippen MR) is 110 cm³/mol. The molecule has 1 saturated heterocycles. The van der Waals surface area contributed by atoms with Crippen molar-refractivity contribution in [2.24, 2.45) is 9.98 Å². The third-order valence-corrected chi connectivity index (χ3v) is 5.74. The van der Waals surface area contributed by atoms with Gasteiger partial charge in [0.2, 0.25) is 5.91 Å². The monoisotopic (exact) mass is 401 g/mol. The lowest BCUT2D eigenvalue weighted by Gasteiger charge is -2.37. The molecule has 0 saturated carbocycles. The molecule has 3 aliphatic heterocycles. The van der Waals surface area contributed by atoms with Crippen LogP contribution in [0.15, 0.2) is 40.1 Å². The minimum atomic E-state index is 0.0907. The fraction of sp³-hybridized carbons (Fsp3) is 0.450. The molecule has 1 amide bonds. The summed E-state index contributed by atoms with van der Waals surface area (Å²) in [5, 5.41) is 0.559. The van der Waals surface area contributed by atoms with Crippen molar-refractivity contribution in [3.8, 4) is 5.75 Å². The number of halogens is 1. The summed E-state index contributed by atoms with van der Waals surface area (Å²) >= 11 is 6.27. The number of fused-ring (bicyclic) bond motifs is 1. The Morgan fingerprint density at radius 1 is 1.29 bits per heavy atom. The van der Waals surface area contributed by atoms with Gasteiger partial charge in [-0.25, -0.2) is 4.99 Å². The normalized spacial score (nSPS) is 21.4. The van der Waals surface area contributed by atoms with Crippen LogP contribution in [0.5, 0.6) is 5.75 Å². The van der Waals surface area contributed by atoms with Crippen LogP contribution in [0.1, 0.15) is 12.5 Å². The largest absolute Gasteiger partial charge is 0.497 e. The molecular weight excluding hydrogens is 378 g/mol. The number of amides is 1. The molecule has 0 radical (unpaired) electrons. The summed E-state index contributed by atoms with van der Waals surface area (Å²) in [5.41, 5.74) is 0.822. The molecular formula is C20H24ClN5O2. The maximum atomic E-state index is 12.7. The highest BCUT2D eigenvalue weighted by Crippen LogP contribution is 2.24. The van der Waals surface area contributed by atoms with Gasteiger partial charge in [-0.3, -0.25) is 9.79 Å². The van der Waals surface area contributed by atoms with E-state index in [1.54, 1.807) is 13.2 Å². The van der Waals surface area contributed by atoms with Crippen molar-refractivity contribution in [2.45, 2.75) is 19.4 Å². The lowest BCUT2D eigenvalue weighted by Crippen LogP contribution is -2.49. The average Bonchev–Trinajstić information content (AvgIpc) is 3.09. The number of carbonyl (C=O) groups excluding carboxylic acids is 1. The van der Waals surface area contributed by atoms with Gasteiger partial charge >= 0.3 is 0 Å². The lowest BCUT2D eigenvalue weighted by molar-refractivity contribution is -0.131. The number of piperazine rings is 1. The first-order valence-corrected chi connectivity index (χ1v) is 9.87. The van der Waals surface area contributed by atoms with E-state index in [9.17, 15) is 4.79 Å². The Morgan fingerprint density at radius 3 is 2.79 bits per heavy atom. The van der Waals surface area contributed by atoms with Gasteiger partial charge < -0.3 is 19.4 Å². The zero-order chi connectivity index (χ0) is 19.7. The van der Waals surface area contributed by atoms with Crippen molar-refractivity contribution in [1.82, 2.24) is 14.7 Å². The van der Waals surface area contributed by atoms with Crippen LogP contribution in [-0.4, -0.2) is 78.7 Å². The second-order valence-corrected chi connectivity index (χ2v) is 7.61. The quantitative estimate of drug-likeness (QED) is 0.774. The van der Waals surface area contributed by atoms with Crippen LogP contribution in [0.2, 0.25) is 5.02 Å². The molecule has 1 atom stereocenters. The van der Waals surface area contributed by atoms with Crippen LogP contribution < -0.4 is 4.74 Å². The highest BCUT2D eigenvalue weighted by atomic mass is 35.5. The Labute approximate surface area is 169 Å². The highest BCUT2D eigenvalue weighted by Gasteiger charge is 2.28. The molecule has 148 valence electrons. The summed E-state index contributed by atoms with van der Waals surface area (Å²) in [5.74, 6) is 2.68. The lowest BCUT2D eigenvalue weighted by atomic mass is 10.1. The third-order valence-electron chi connectivity index (χ3n) is 5.39. The topological polar surface area (TPSA) is 60.7 Å². The zero-order valence-electron chi connectivity index (χ0n) is 16.1. The van der Waals surface area contributed by atoms with E-state index in [0.717, 1.165) is 36.9 Å². The van der Waals surface area contributed by atoms with Crippen molar-refractivity contribution >= 4 is 29.7 Å². The number of carbonyl (C=O) groups is 1. The van der Waals surface area contributed by atoms with Gasteiger partial charge in [0.05, 0.1) is 32.5 Å². The van der Waals surface area contributed by atoms with Gasteiger partial charge in [-0.2, -0.15) is 0 Å². The Hall–Kier alpha value is -2.54. The van der Waals surface area contributed by atoms with E-state index < -0.39 is 0 Å². The molecule has 28 heavy (non-hydrogen) atoms. The Kier molecular flexibility index (Phi) is 5.26. The van der Waals surface area contributed by atoms with E-state index in [0.29, 0.717) is 36.3 Å². The molecule has 3 heterocycles. The van der Waals surface area contributed by atoms with Gasteiger partial charge in [-0.1, -0.05) is 17.7 Å². The maximum Gasteiger partial charge on any atom is 0.227 e. The second-order valence-electron chi connectivity index (χ2n) is 7.20. The SMILES string of the molecule is COc1ccc(CC(=O)N2CCN(C3=CC4=NCC(C)N4C=N3)CC2)c(Cl)c1. The maximum absolute atomic E-state index is 12.7. The molecule has 8 heteroatoms. The predicted octanol–water partition coefficient (Wildman–Crippen LogP) is 2.02. The molecule has 7 nitrogen and oxygen atoms in total. The molecule has 0 spiro atoms. The number of hydrogen-bond donors (Lipinski definition) is 0. The van der Waals surface area contributed by atoms with Gasteiger partial charge in [0.25, 0.3) is 0 Å². The first kappa shape index (κ1) is 18.8. The van der Waals surface area contributed by atoms with Crippen LogP contribution in [0.3, 0.4) is 0 Å². The second kappa shape index (κ2) is 7.83. The van der Waals surface area contributed by atoms with Crippen molar-refractivity contribution in [1.29, 1.82) is 0 Å². The van der Waals surface area contributed by atoms with E-state index >= 15 is 0 Å². The Balaban J connectivity index is 1.34. The Morgan fingerprint density at radius 2 is 2.07 bits per heavy atom. The number of benzene rings is 1. The minimum Gasteiger partial charge on any atom is -0.497 e. The van der Waals surface area contributed by atoms with E-state index in [2.05, 4.69) is 26.7 Å². The zero-order valence-corrected chi connectivity index (χ0v) is 16.9. The van der Waals surface area contributed by atoms with Crippen LogP contribution in [-0.2, 0) is 11.2 Å². The molecule has 0 bridgehead atoms. The van der Waals surface area contributed by atoms with E-state index in [1.807, 2.05) is 29.4 Å². The van der Waals surface area contributed by atoms with Crippen LogP contribution in [0.25, 0.3) is 0 Å². The van der Waals surface area contributed by atoms with Gasteiger partial charge in [0.1, 0.15) is 17.4 Å². The first-order chi connectivity index (χ1) is 13.5. The van der Waals surface area contributed by atoms with Crippen LogP contribution in [0, 0.1) is 0 Å². The first-order valence-electron chi connectivity index (χ1n) is 9.49.